The summed E-state index contributed by atoms with van der Waals surface area (Å²) in [6, 6.07) is 0. The molecule has 18 nitrogen and oxygen atoms in total. The highest BCUT2D eigenvalue weighted by Crippen LogP contribution is 2.70. The Morgan fingerprint density at radius 3 is 2.10 bits per heavy atom. The number of fused-ring (bicyclic) bond motifs is 7. The molecule has 3 saturated carbocycles. The molecule has 9 aliphatic rings. The minimum Gasteiger partial charge on any atom is -0.394 e. The van der Waals surface area contributed by atoms with E-state index in [1.165, 1.54) is 12.5 Å². The van der Waals surface area contributed by atoms with Gasteiger partial charge in [0.15, 0.2) is 24.7 Å². The molecule has 0 amide bonds. The van der Waals surface area contributed by atoms with Crippen molar-refractivity contribution < 1.29 is 89.0 Å². The molecule has 0 aromatic carbocycles. The quantitative estimate of drug-likeness (QED) is 0.127. The van der Waals surface area contributed by atoms with Crippen LogP contribution in [0.15, 0.2) is 11.6 Å². The summed E-state index contributed by atoms with van der Waals surface area (Å²) in [6.45, 7) is 8.25. The SMILES string of the molecule is C[C@@H]1O[C@@H](O[C@H]2[C@H](O)[C@H](O)[C@H](O[C@H]3CC[C@@]4(C)C(=CC[C@@H]5[C@H]4CC[C@]4(C)[C@@H]6[C@H](C[C@@H]54)O[C@]4(CC[C@@H](CO[C@@H]5O[C@@H](CO)[C@@H](O)[C@H](O)[C@@H]5O)CO4)[C@H]6C)C3)O[C@H]2CO)[C@H](O)[C@@H](O)[C@H]1O. The second-order valence-electron chi connectivity index (χ2n) is 21.1. The summed E-state index contributed by atoms with van der Waals surface area (Å²) < 4.78 is 48.8. The monoisotopic (exact) mass is 900 g/mol. The first-order valence-corrected chi connectivity index (χ1v) is 23.5. The summed E-state index contributed by atoms with van der Waals surface area (Å²) in [6.07, 6.45) is -10.00. The molecule has 10 N–H and O–H groups in total. The minimum absolute atomic E-state index is 0.0110. The van der Waals surface area contributed by atoms with Crippen LogP contribution in [0.3, 0.4) is 0 Å². The van der Waals surface area contributed by atoms with Crippen LogP contribution in [-0.2, 0) is 37.9 Å². The fraction of sp³-hybridized carbons (Fsp3) is 0.956. The van der Waals surface area contributed by atoms with Crippen molar-refractivity contribution >= 4 is 0 Å². The maximum Gasteiger partial charge on any atom is 0.187 e. The van der Waals surface area contributed by atoms with Crippen LogP contribution in [-0.4, -0.2) is 188 Å². The Balaban J connectivity index is 0.793. The predicted molar refractivity (Wildman–Crippen MR) is 216 cm³/mol. The highest BCUT2D eigenvalue weighted by molar-refractivity contribution is 5.26. The Bertz CT molecular complexity index is 1630. The molecule has 0 radical (unpaired) electrons. The van der Waals surface area contributed by atoms with Gasteiger partial charge in [0.25, 0.3) is 0 Å². The maximum atomic E-state index is 11.2. The summed E-state index contributed by atoms with van der Waals surface area (Å²) in [5, 5.41) is 104. The molecule has 63 heavy (non-hydrogen) atoms. The largest absolute Gasteiger partial charge is 0.394 e. The highest BCUT2D eigenvalue weighted by Gasteiger charge is 2.69. The molecular formula is C45H72O18. The molecule has 1 spiro atoms. The molecule has 0 aromatic rings. The van der Waals surface area contributed by atoms with Crippen LogP contribution in [0.1, 0.15) is 85.5 Å². The molecule has 9 rings (SSSR count). The van der Waals surface area contributed by atoms with Crippen LogP contribution in [0.25, 0.3) is 0 Å². The zero-order chi connectivity index (χ0) is 44.9. The van der Waals surface area contributed by atoms with Crippen molar-refractivity contribution in [1.29, 1.82) is 0 Å². The van der Waals surface area contributed by atoms with Crippen LogP contribution in [0.4, 0.5) is 0 Å². The summed E-state index contributed by atoms with van der Waals surface area (Å²) >= 11 is 0. The summed E-state index contributed by atoms with van der Waals surface area (Å²) in [5.74, 6) is 1.44. The van der Waals surface area contributed by atoms with Gasteiger partial charge in [-0.2, -0.15) is 0 Å². The van der Waals surface area contributed by atoms with Crippen molar-refractivity contribution in [2.24, 2.45) is 46.3 Å². The molecule has 8 fully saturated rings. The second kappa shape index (κ2) is 17.8. The van der Waals surface area contributed by atoms with Gasteiger partial charge in [-0.1, -0.05) is 32.4 Å². The van der Waals surface area contributed by atoms with Crippen molar-refractivity contribution in [3.05, 3.63) is 11.6 Å². The van der Waals surface area contributed by atoms with Crippen LogP contribution in [0.5, 0.6) is 0 Å². The Hall–Kier alpha value is -0.980. The van der Waals surface area contributed by atoms with E-state index >= 15 is 0 Å². The molecular weight excluding hydrogens is 828 g/mol. The number of aliphatic hydroxyl groups excluding tert-OH is 10. The van der Waals surface area contributed by atoms with Crippen molar-refractivity contribution in [3.8, 4) is 0 Å². The van der Waals surface area contributed by atoms with E-state index in [1.54, 1.807) is 0 Å². The smallest absolute Gasteiger partial charge is 0.187 e. The van der Waals surface area contributed by atoms with E-state index in [4.69, 9.17) is 37.9 Å². The van der Waals surface area contributed by atoms with Gasteiger partial charge in [-0.05, 0) is 92.8 Å². The lowest BCUT2D eigenvalue weighted by Crippen LogP contribution is -2.64. The van der Waals surface area contributed by atoms with E-state index in [2.05, 4.69) is 26.8 Å². The zero-order valence-corrected chi connectivity index (χ0v) is 36.8. The predicted octanol–water partition coefficient (Wildman–Crippen LogP) is -0.813. The third-order valence-corrected chi connectivity index (χ3v) is 17.8. The molecule has 26 atom stereocenters. The van der Waals surface area contributed by atoms with E-state index in [1.807, 2.05) is 0 Å². The van der Waals surface area contributed by atoms with Crippen LogP contribution < -0.4 is 0 Å². The number of allylic oxidation sites excluding steroid dienone is 1. The van der Waals surface area contributed by atoms with Gasteiger partial charge in [0, 0.05) is 18.3 Å². The number of aliphatic hydroxyl groups is 10. The average molecular weight is 901 g/mol. The summed E-state index contributed by atoms with van der Waals surface area (Å²) in [7, 11) is 0. The van der Waals surface area contributed by atoms with Crippen molar-refractivity contribution in [2.45, 2.75) is 196 Å². The van der Waals surface area contributed by atoms with Gasteiger partial charge >= 0.3 is 0 Å². The van der Waals surface area contributed by atoms with Gasteiger partial charge in [-0.3, -0.25) is 0 Å². The number of rotatable bonds is 9. The fourth-order valence-electron chi connectivity index (χ4n) is 14.1. The van der Waals surface area contributed by atoms with Gasteiger partial charge in [0.1, 0.15) is 67.1 Å². The van der Waals surface area contributed by atoms with Gasteiger partial charge in [0.05, 0.1) is 44.7 Å². The number of ether oxygens (including phenoxy) is 8. The molecule has 0 unspecified atom stereocenters. The molecule has 0 bridgehead atoms. The molecule has 360 valence electrons. The molecule has 5 saturated heterocycles. The first kappa shape index (κ1) is 47.1. The Labute approximate surface area is 368 Å². The summed E-state index contributed by atoms with van der Waals surface area (Å²) in [5.41, 5.74) is 1.45. The van der Waals surface area contributed by atoms with Crippen molar-refractivity contribution in [2.75, 3.05) is 26.4 Å². The molecule has 5 heterocycles. The zero-order valence-electron chi connectivity index (χ0n) is 36.8. The van der Waals surface area contributed by atoms with E-state index in [9.17, 15) is 51.1 Å². The van der Waals surface area contributed by atoms with Gasteiger partial charge in [0.2, 0.25) is 0 Å². The first-order chi connectivity index (χ1) is 29.9. The lowest BCUT2D eigenvalue weighted by Gasteiger charge is -2.58. The normalized spacial score (nSPS) is 56.9. The van der Waals surface area contributed by atoms with E-state index in [0.717, 1.165) is 51.4 Å². The highest BCUT2D eigenvalue weighted by atomic mass is 16.7. The Kier molecular flexibility index (Phi) is 13.3. The topological polar surface area (TPSA) is 276 Å². The first-order valence-electron chi connectivity index (χ1n) is 23.5. The number of hydrogen-bond donors (Lipinski definition) is 10. The van der Waals surface area contributed by atoms with Gasteiger partial charge in [-0.15, -0.1) is 0 Å². The molecule has 5 aliphatic heterocycles. The fourth-order valence-corrected chi connectivity index (χ4v) is 14.1. The third-order valence-electron chi connectivity index (χ3n) is 17.8. The van der Waals surface area contributed by atoms with Gasteiger partial charge in [-0.25, -0.2) is 0 Å². The second-order valence-corrected chi connectivity index (χ2v) is 21.1. The lowest BCUT2D eigenvalue weighted by molar-refractivity contribution is -0.360. The van der Waals surface area contributed by atoms with Crippen molar-refractivity contribution in [1.82, 2.24) is 0 Å². The van der Waals surface area contributed by atoms with E-state index in [0.29, 0.717) is 36.7 Å². The molecule has 4 aliphatic carbocycles. The lowest BCUT2D eigenvalue weighted by atomic mass is 9.47. The van der Waals surface area contributed by atoms with E-state index < -0.39 is 111 Å². The average Bonchev–Trinajstić information content (AvgIpc) is 3.72. The van der Waals surface area contributed by atoms with Crippen LogP contribution >= 0.6 is 0 Å². The molecule has 18 heteroatoms. The maximum absolute atomic E-state index is 11.2. The molecule has 0 aromatic heterocycles. The van der Waals surface area contributed by atoms with Crippen LogP contribution in [0.2, 0.25) is 0 Å². The Morgan fingerprint density at radius 1 is 0.698 bits per heavy atom. The van der Waals surface area contributed by atoms with Crippen LogP contribution in [0, 0.1) is 46.3 Å². The van der Waals surface area contributed by atoms with E-state index in [-0.39, 0.29) is 41.5 Å². The number of hydrogen-bond acceptors (Lipinski definition) is 18. The minimum atomic E-state index is -1.64. The third kappa shape index (κ3) is 7.90. The Morgan fingerprint density at radius 2 is 1.38 bits per heavy atom. The van der Waals surface area contributed by atoms with Crippen molar-refractivity contribution in [3.63, 3.8) is 0 Å². The summed E-state index contributed by atoms with van der Waals surface area (Å²) in [4.78, 5) is 0. The van der Waals surface area contributed by atoms with Gasteiger partial charge < -0.3 is 89.0 Å². The standard InChI is InChI=1S/C45H72O18/c1-19-30-27(63-45(19)12-7-21(18-57-45)17-56-40-36(53)34(51)32(49)28(15-46)60-40)14-26-24-6-5-22-13-23(8-10-43(22,3)25(24)9-11-44(26,30)4)59-42-38(55)35(52)39(29(16-47)61-42)62-41-37(54)33(50)31(48)20(2)58-41/h5,19-21,23-42,46-55H,6-18H2,1-4H3/t19-,20-,21-,23-,24+,25+,26-,27-,28-,29-,30-,31-,32+,33-,34-,35+,36-,37+,38-,39+,40+,41-,42+,43-,44-,45+/m0/s1.